The number of esters is 2. The molecule has 0 radical (unpaired) electrons. The van der Waals surface area contributed by atoms with E-state index in [1.54, 1.807) is 13.8 Å². The van der Waals surface area contributed by atoms with Crippen molar-refractivity contribution in [1.82, 2.24) is 5.32 Å². The Labute approximate surface area is 211 Å². The van der Waals surface area contributed by atoms with Crippen molar-refractivity contribution in [3.63, 3.8) is 0 Å². The molecule has 1 heterocycles. The van der Waals surface area contributed by atoms with Gasteiger partial charge in [-0.2, -0.15) is 0 Å². The fourth-order valence-electron chi connectivity index (χ4n) is 5.02. The van der Waals surface area contributed by atoms with Gasteiger partial charge in [0.05, 0.1) is 19.3 Å². The SMILES string of the molecule is CCOC(=O)C1=C(C)NC2=C(C(=O)[C@@H](C(=O)OC)[C@@H](C)C2)[C@@H]1c1cccc(OCc2ccccc2)c1. The normalized spacial score (nSPS) is 21.4. The molecule has 0 spiro atoms. The number of hydrogen-bond acceptors (Lipinski definition) is 7. The highest BCUT2D eigenvalue weighted by Gasteiger charge is 2.47. The van der Waals surface area contributed by atoms with Gasteiger partial charge in [0.2, 0.25) is 0 Å². The minimum atomic E-state index is -0.933. The zero-order chi connectivity index (χ0) is 25.8. The lowest BCUT2D eigenvalue weighted by Gasteiger charge is -2.38. The average Bonchev–Trinajstić information content (AvgIpc) is 2.87. The summed E-state index contributed by atoms with van der Waals surface area (Å²) >= 11 is 0. The number of nitrogens with one attached hydrogen (secondary N) is 1. The first kappa shape index (κ1) is 25.2. The first-order valence-electron chi connectivity index (χ1n) is 12.1. The number of Topliss-reactive ketones (excluding diaryl/α,β-unsaturated/α-hetero) is 1. The van der Waals surface area contributed by atoms with E-state index in [1.807, 2.05) is 61.5 Å². The predicted octanol–water partition coefficient (Wildman–Crippen LogP) is 4.44. The van der Waals surface area contributed by atoms with Gasteiger partial charge in [-0.05, 0) is 49.4 Å². The quantitative estimate of drug-likeness (QED) is 0.454. The second-order valence-corrected chi connectivity index (χ2v) is 9.10. The highest BCUT2D eigenvalue weighted by Crippen LogP contribution is 2.46. The second-order valence-electron chi connectivity index (χ2n) is 9.10. The first-order valence-corrected chi connectivity index (χ1v) is 12.1. The Morgan fingerprint density at radius 2 is 1.83 bits per heavy atom. The molecular weight excluding hydrogens is 458 g/mol. The summed E-state index contributed by atoms with van der Waals surface area (Å²) in [6.45, 7) is 5.98. The molecule has 0 amide bonds. The fourth-order valence-corrected chi connectivity index (χ4v) is 5.02. The maximum Gasteiger partial charge on any atom is 0.336 e. The lowest BCUT2D eigenvalue weighted by atomic mass is 9.69. The van der Waals surface area contributed by atoms with E-state index in [-0.39, 0.29) is 18.3 Å². The van der Waals surface area contributed by atoms with Crippen molar-refractivity contribution in [3.8, 4) is 5.75 Å². The van der Waals surface area contributed by atoms with Crippen LogP contribution in [0.15, 0.2) is 77.1 Å². The van der Waals surface area contributed by atoms with E-state index >= 15 is 0 Å². The van der Waals surface area contributed by atoms with Crippen LogP contribution in [0.4, 0.5) is 0 Å². The zero-order valence-corrected chi connectivity index (χ0v) is 21.0. The van der Waals surface area contributed by atoms with E-state index in [1.165, 1.54) is 7.11 Å². The third-order valence-electron chi connectivity index (χ3n) is 6.68. The van der Waals surface area contributed by atoms with Crippen molar-refractivity contribution in [3.05, 3.63) is 88.3 Å². The summed E-state index contributed by atoms with van der Waals surface area (Å²) in [5.41, 5.74) is 3.83. The number of dihydropyridines is 1. The largest absolute Gasteiger partial charge is 0.489 e. The van der Waals surface area contributed by atoms with Gasteiger partial charge in [-0.25, -0.2) is 4.79 Å². The molecule has 0 unspecified atom stereocenters. The van der Waals surface area contributed by atoms with E-state index in [2.05, 4.69) is 5.32 Å². The van der Waals surface area contributed by atoms with Crippen molar-refractivity contribution < 1.29 is 28.6 Å². The Kier molecular flexibility index (Phi) is 7.58. The van der Waals surface area contributed by atoms with Crippen LogP contribution in [0.2, 0.25) is 0 Å². The van der Waals surface area contributed by atoms with Crippen molar-refractivity contribution in [2.75, 3.05) is 13.7 Å². The number of ether oxygens (including phenoxy) is 3. The lowest BCUT2D eigenvalue weighted by Crippen LogP contribution is -2.43. The number of allylic oxidation sites excluding steroid dienone is 3. The molecule has 1 aliphatic carbocycles. The standard InChI is InChI=1S/C29H31NO6/c1-5-35-29(33)24-18(3)30-22-14-17(2)23(28(32)34-4)27(31)26(22)25(24)20-12-9-13-21(15-20)36-16-19-10-7-6-8-11-19/h6-13,15,17,23,25,30H,5,14,16H2,1-4H3/t17-,23-,25+/m0/s1. The predicted molar refractivity (Wildman–Crippen MR) is 134 cm³/mol. The van der Waals surface area contributed by atoms with Gasteiger partial charge in [0.1, 0.15) is 18.3 Å². The Morgan fingerprint density at radius 1 is 1.08 bits per heavy atom. The molecule has 3 atom stereocenters. The van der Waals surface area contributed by atoms with E-state index in [4.69, 9.17) is 14.2 Å². The molecule has 7 heteroatoms. The van der Waals surface area contributed by atoms with Crippen LogP contribution in [-0.2, 0) is 30.5 Å². The van der Waals surface area contributed by atoms with Crippen molar-refractivity contribution in [2.45, 2.75) is 39.7 Å². The van der Waals surface area contributed by atoms with Crippen LogP contribution in [0.25, 0.3) is 0 Å². The Hall–Kier alpha value is -3.87. The third-order valence-corrected chi connectivity index (χ3v) is 6.68. The first-order chi connectivity index (χ1) is 17.3. The van der Waals surface area contributed by atoms with Crippen molar-refractivity contribution in [2.24, 2.45) is 11.8 Å². The lowest BCUT2D eigenvalue weighted by molar-refractivity contribution is -0.151. The number of ketones is 1. The number of carbonyl (C=O) groups is 3. The van der Waals surface area contributed by atoms with Crippen molar-refractivity contribution >= 4 is 17.7 Å². The van der Waals surface area contributed by atoms with Crippen LogP contribution in [0.5, 0.6) is 5.75 Å². The summed E-state index contributed by atoms with van der Waals surface area (Å²) in [5.74, 6) is -2.67. The summed E-state index contributed by atoms with van der Waals surface area (Å²) in [4.78, 5) is 39.5. The highest BCUT2D eigenvalue weighted by molar-refractivity contribution is 6.12. The van der Waals surface area contributed by atoms with E-state index < -0.39 is 23.8 Å². The molecule has 4 rings (SSSR count). The molecule has 0 bridgehead atoms. The van der Waals surface area contributed by atoms with Crippen LogP contribution in [0, 0.1) is 11.8 Å². The van der Waals surface area contributed by atoms with Crippen LogP contribution < -0.4 is 10.1 Å². The summed E-state index contributed by atoms with van der Waals surface area (Å²) < 4.78 is 16.4. The second kappa shape index (κ2) is 10.8. The summed E-state index contributed by atoms with van der Waals surface area (Å²) in [7, 11) is 1.28. The fraction of sp³-hybridized carbons (Fsp3) is 0.345. The number of carbonyl (C=O) groups excluding carboxylic acids is 3. The molecule has 0 saturated heterocycles. The molecule has 36 heavy (non-hydrogen) atoms. The Balaban J connectivity index is 1.77. The Bertz CT molecular complexity index is 1230. The van der Waals surface area contributed by atoms with Gasteiger partial charge >= 0.3 is 11.9 Å². The monoisotopic (exact) mass is 489 g/mol. The molecule has 2 aromatic rings. The molecule has 7 nitrogen and oxygen atoms in total. The number of benzene rings is 2. The van der Waals surface area contributed by atoms with E-state index in [9.17, 15) is 14.4 Å². The number of methoxy groups -OCH3 is 1. The molecule has 2 aromatic carbocycles. The number of hydrogen-bond donors (Lipinski definition) is 1. The molecule has 1 N–H and O–H groups in total. The molecule has 0 saturated carbocycles. The molecule has 0 fully saturated rings. The van der Waals surface area contributed by atoms with Crippen LogP contribution in [0.3, 0.4) is 0 Å². The van der Waals surface area contributed by atoms with Gasteiger partial charge in [0.15, 0.2) is 5.78 Å². The van der Waals surface area contributed by atoms with E-state index in [0.29, 0.717) is 41.2 Å². The third kappa shape index (κ3) is 4.91. The average molecular weight is 490 g/mol. The maximum atomic E-state index is 13.8. The van der Waals surface area contributed by atoms with Gasteiger partial charge < -0.3 is 19.5 Å². The summed E-state index contributed by atoms with van der Waals surface area (Å²) in [6.07, 6.45) is 0.481. The summed E-state index contributed by atoms with van der Waals surface area (Å²) in [5, 5.41) is 3.26. The maximum absolute atomic E-state index is 13.8. The van der Waals surface area contributed by atoms with Crippen LogP contribution in [-0.4, -0.2) is 31.4 Å². The molecular formula is C29H31NO6. The van der Waals surface area contributed by atoms with Crippen LogP contribution >= 0.6 is 0 Å². The molecule has 188 valence electrons. The van der Waals surface area contributed by atoms with Gasteiger partial charge in [-0.15, -0.1) is 0 Å². The molecule has 0 aromatic heterocycles. The Morgan fingerprint density at radius 3 is 2.53 bits per heavy atom. The smallest absolute Gasteiger partial charge is 0.336 e. The number of rotatable bonds is 7. The van der Waals surface area contributed by atoms with Gasteiger partial charge in [0, 0.05) is 22.9 Å². The van der Waals surface area contributed by atoms with Gasteiger partial charge in [-0.1, -0.05) is 49.4 Å². The minimum absolute atomic E-state index is 0.199. The topological polar surface area (TPSA) is 90.9 Å². The van der Waals surface area contributed by atoms with E-state index in [0.717, 1.165) is 11.3 Å². The zero-order valence-electron chi connectivity index (χ0n) is 21.0. The summed E-state index contributed by atoms with van der Waals surface area (Å²) in [6, 6.07) is 17.2. The highest BCUT2D eigenvalue weighted by atomic mass is 16.5. The van der Waals surface area contributed by atoms with Gasteiger partial charge in [0.25, 0.3) is 0 Å². The molecule has 1 aliphatic heterocycles. The van der Waals surface area contributed by atoms with Gasteiger partial charge in [-0.3, -0.25) is 9.59 Å². The minimum Gasteiger partial charge on any atom is -0.489 e. The van der Waals surface area contributed by atoms with Crippen LogP contribution in [0.1, 0.15) is 44.2 Å². The van der Waals surface area contributed by atoms with Crippen molar-refractivity contribution in [1.29, 1.82) is 0 Å². The molecule has 2 aliphatic rings.